The summed E-state index contributed by atoms with van der Waals surface area (Å²) in [6.07, 6.45) is 0. The van der Waals surface area contributed by atoms with E-state index >= 15 is 0 Å². The van der Waals surface area contributed by atoms with Crippen molar-refractivity contribution >= 4 is 22.6 Å². The summed E-state index contributed by atoms with van der Waals surface area (Å²) in [5.41, 5.74) is 4.52. The molecule has 0 spiro atoms. The van der Waals surface area contributed by atoms with Gasteiger partial charge in [0.05, 0.1) is 19.8 Å². The number of benzene rings is 1. The molecule has 5 heteroatoms. The highest BCUT2D eigenvalue weighted by molar-refractivity contribution is 6.30. The summed E-state index contributed by atoms with van der Waals surface area (Å²) in [4.78, 5) is 5.18. The number of hydroxylamine groups is 1. The maximum Gasteiger partial charge on any atom is 0.199 e. The molecule has 0 aliphatic carbocycles. The van der Waals surface area contributed by atoms with Gasteiger partial charge < -0.3 is 9.15 Å². The van der Waals surface area contributed by atoms with Crippen molar-refractivity contribution in [3.63, 3.8) is 0 Å². The Kier molecular flexibility index (Phi) is 4.39. The number of furan rings is 1. The molecule has 0 amide bonds. The summed E-state index contributed by atoms with van der Waals surface area (Å²) in [6.45, 7) is 1.54. The number of rotatable bonds is 6. The van der Waals surface area contributed by atoms with E-state index in [1.165, 1.54) is 0 Å². The second kappa shape index (κ2) is 6.02. The molecule has 0 unspecified atom stereocenters. The maximum atomic E-state index is 6.02. The number of para-hydroxylation sites is 1. The van der Waals surface area contributed by atoms with Crippen LogP contribution in [0, 0.1) is 0 Å². The van der Waals surface area contributed by atoms with E-state index in [2.05, 4.69) is 5.48 Å². The Balaban J connectivity index is 2.00. The average molecular weight is 256 g/mol. The van der Waals surface area contributed by atoms with Gasteiger partial charge in [0, 0.05) is 18.1 Å². The van der Waals surface area contributed by atoms with Crippen molar-refractivity contribution in [2.24, 2.45) is 0 Å². The topological polar surface area (TPSA) is 43.6 Å². The normalized spacial score (nSPS) is 11.2. The van der Waals surface area contributed by atoms with Crippen LogP contribution in [0.2, 0.25) is 5.22 Å². The van der Waals surface area contributed by atoms with E-state index in [0.29, 0.717) is 25.0 Å². The van der Waals surface area contributed by atoms with Gasteiger partial charge in [-0.2, -0.15) is 5.48 Å². The predicted molar refractivity (Wildman–Crippen MR) is 65.9 cm³/mol. The molecule has 1 heterocycles. The summed E-state index contributed by atoms with van der Waals surface area (Å²) >= 11 is 6.02. The molecule has 1 aromatic carbocycles. The van der Waals surface area contributed by atoms with Crippen LogP contribution in [-0.4, -0.2) is 20.3 Å². The Bertz CT molecular complexity index is 484. The molecule has 17 heavy (non-hydrogen) atoms. The number of hydrogen-bond donors (Lipinski definition) is 1. The molecule has 0 aliphatic rings. The number of ether oxygens (including phenoxy) is 1. The van der Waals surface area contributed by atoms with Gasteiger partial charge in [0.2, 0.25) is 0 Å². The molecule has 92 valence electrons. The first kappa shape index (κ1) is 12.4. The van der Waals surface area contributed by atoms with Crippen LogP contribution in [0.25, 0.3) is 11.0 Å². The van der Waals surface area contributed by atoms with E-state index in [0.717, 1.165) is 16.5 Å². The molecule has 0 saturated heterocycles. The zero-order valence-electron chi connectivity index (χ0n) is 9.53. The van der Waals surface area contributed by atoms with E-state index in [1.54, 1.807) is 7.11 Å². The van der Waals surface area contributed by atoms with Crippen LogP contribution < -0.4 is 5.48 Å². The molecular formula is C12H14ClNO3. The second-order valence-electron chi connectivity index (χ2n) is 3.51. The lowest BCUT2D eigenvalue weighted by Gasteiger charge is -2.04. The van der Waals surface area contributed by atoms with Crippen LogP contribution in [0.3, 0.4) is 0 Å². The number of nitrogens with one attached hydrogen (secondary N) is 1. The fourth-order valence-electron chi connectivity index (χ4n) is 1.55. The van der Waals surface area contributed by atoms with Crippen molar-refractivity contribution in [1.29, 1.82) is 0 Å². The SMILES string of the molecule is COCCONCc1c(Cl)oc2ccccc12. The molecule has 0 fully saturated rings. The Morgan fingerprint density at radius 2 is 2.12 bits per heavy atom. The van der Waals surface area contributed by atoms with Crippen LogP contribution >= 0.6 is 11.6 Å². The molecule has 1 aromatic heterocycles. The maximum absolute atomic E-state index is 6.02. The summed E-state index contributed by atoms with van der Waals surface area (Å²) in [6, 6.07) is 7.71. The highest BCUT2D eigenvalue weighted by Gasteiger charge is 2.11. The fourth-order valence-corrected chi connectivity index (χ4v) is 1.81. The average Bonchev–Trinajstić information content (AvgIpc) is 2.65. The molecule has 0 bridgehead atoms. The molecule has 0 aliphatic heterocycles. The zero-order chi connectivity index (χ0) is 12.1. The number of hydrogen-bond acceptors (Lipinski definition) is 4. The van der Waals surface area contributed by atoms with Gasteiger partial charge in [-0.05, 0) is 17.7 Å². The van der Waals surface area contributed by atoms with Crippen molar-refractivity contribution in [3.05, 3.63) is 35.0 Å². The van der Waals surface area contributed by atoms with E-state index in [9.17, 15) is 0 Å². The lowest BCUT2D eigenvalue weighted by atomic mass is 10.2. The minimum Gasteiger partial charge on any atom is -0.444 e. The predicted octanol–water partition coefficient (Wildman–Crippen LogP) is 2.75. The Morgan fingerprint density at radius 1 is 1.29 bits per heavy atom. The molecular weight excluding hydrogens is 242 g/mol. The highest BCUT2D eigenvalue weighted by Crippen LogP contribution is 2.29. The van der Waals surface area contributed by atoms with E-state index < -0.39 is 0 Å². The third kappa shape index (κ3) is 2.98. The van der Waals surface area contributed by atoms with Crippen LogP contribution in [0.1, 0.15) is 5.56 Å². The third-order valence-corrected chi connectivity index (χ3v) is 2.69. The van der Waals surface area contributed by atoms with Crippen molar-refractivity contribution in [2.45, 2.75) is 6.54 Å². The zero-order valence-corrected chi connectivity index (χ0v) is 10.3. The van der Waals surface area contributed by atoms with Gasteiger partial charge in [-0.15, -0.1) is 0 Å². The molecule has 2 rings (SSSR count). The molecule has 4 nitrogen and oxygen atoms in total. The molecule has 0 atom stereocenters. The van der Waals surface area contributed by atoms with Crippen LogP contribution in [0.5, 0.6) is 0 Å². The second-order valence-corrected chi connectivity index (χ2v) is 3.86. The standard InChI is InChI=1S/C12H14ClNO3/c1-15-6-7-16-14-8-10-9-4-2-3-5-11(9)17-12(10)13/h2-5,14H,6-8H2,1H3. The van der Waals surface area contributed by atoms with Crippen LogP contribution in [0.4, 0.5) is 0 Å². The van der Waals surface area contributed by atoms with Gasteiger partial charge in [0.1, 0.15) is 5.58 Å². The van der Waals surface area contributed by atoms with Crippen molar-refractivity contribution in [2.75, 3.05) is 20.3 Å². The largest absolute Gasteiger partial charge is 0.444 e. The summed E-state index contributed by atoms with van der Waals surface area (Å²) in [5, 5.41) is 1.40. The smallest absolute Gasteiger partial charge is 0.199 e. The van der Waals surface area contributed by atoms with Crippen LogP contribution in [0.15, 0.2) is 28.7 Å². The molecule has 2 aromatic rings. The minimum absolute atomic E-state index is 0.397. The molecule has 1 N–H and O–H groups in total. The fraction of sp³-hybridized carbons (Fsp3) is 0.333. The summed E-state index contributed by atoms with van der Waals surface area (Å²) in [5.74, 6) is 0. The summed E-state index contributed by atoms with van der Waals surface area (Å²) in [7, 11) is 1.63. The lowest BCUT2D eigenvalue weighted by molar-refractivity contribution is 0.00355. The number of halogens is 1. The van der Waals surface area contributed by atoms with Crippen molar-refractivity contribution in [1.82, 2.24) is 5.48 Å². The third-order valence-electron chi connectivity index (χ3n) is 2.39. The van der Waals surface area contributed by atoms with Gasteiger partial charge in [-0.1, -0.05) is 18.2 Å². The van der Waals surface area contributed by atoms with Crippen molar-refractivity contribution < 1.29 is 14.0 Å². The van der Waals surface area contributed by atoms with Crippen LogP contribution in [-0.2, 0) is 16.1 Å². The van der Waals surface area contributed by atoms with Gasteiger partial charge in [-0.25, -0.2) is 0 Å². The van der Waals surface area contributed by atoms with Gasteiger partial charge in [-0.3, -0.25) is 4.84 Å². The van der Waals surface area contributed by atoms with E-state index in [-0.39, 0.29) is 0 Å². The first-order valence-electron chi connectivity index (χ1n) is 5.32. The number of fused-ring (bicyclic) bond motifs is 1. The van der Waals surface area contributed by atoms with Gasteiger partial charge in [0.25, 0.3) is 0 Å². The van der Waals surface area contributed by atoms with Gasteiger partial charge in [0.15, 0.2) is 5.22 Å². The first-order chi connectivity index (χ1) is 8.33. The first-order valence-corrected chi connectivity index (χ1v) is 5.70. The Hall–Kier alpha value is -1.07. The minimum atomic E-state index is 0.397. The Morgan fingerprint density at radius 3 is 2.94 bits per heavy atom. The lowest BCUT2D eigenvalue weighted by Crippen LogP contribution is -2.17. The van der Waals surface area contributed by atoms with Gasteiger partial charge >= 0.3 is 0 Å². The van der Waals surface area contributed by atoms with Crippen molar-refractivity contribution in [3.8, 4) is 0 Å². The molecule has 0 radical (unpaired) electrons. The monoisotopic (exact) mass is 255 g/mol. The summed E-state index contributed by atoms with van der Waals surface area (Å²) < 4.78 is 10.3. The quantitative estimate of drug-likeness (QED) is 0.637. The Labute approximate surface area is 104 Å². The highest BCUT2D eigenvalue weighted by atomic mass is 35.5. The van der Waals surface area contributed by atoms with E-state index in [1.807, 2.05) is 24.3 Å². The van der Waals surface area contributed by atoms with E-state index in [4.69, 9.17) is 25.6 Å². The molecule has 0 saturated carbocycles. The number of methoxy groups -OCH3 is 1.